The molecule has 0 fully saturated rings. The monoisotopic (exact) mass is 285 g/mol. The number of amides is 1. The number of carbonyl (C=O) groups is 1. The Balaban J connectivity index is 2.35. The van der Waals surface area contributed by atoms with Crippen molar-refractivity contribution in [2.24, 2.45) is 0 Å². The lowest BCUT2D eigenvalue weighted by Crippen LogP contribution is -2.33. The summed E-state index contributed by atoms with van der Waals surface area (Å²) in [5.74, 6) is -0.175. The highest BCUT2D eigenvalue weighted by atomic mass is 32.2. The third-order valence-corrected chi connectivity index (χ3v) is 3.87. The van der Waals surface area contributed by atoms with E-state index in [1.807, 2.05) is 0 Å². The van der Waals surface area contributed by atoms with Gasteiger partial charge in [-0.1, -0.05) is 18.2 Å². The molecular weight excluding hydrogens is 266 g/mol. The van der Waals surface area contributed by atoms with Crippen molar-refractivity contribution in [3.63, 3.8) is 0 Å². The summed E-state index contributed by atoms with van der Waals surface area (Å²) in [5, 5.41) is 5.57. The van der Waals surface area contributed by atoms with Gasteiger partial charge >= 0.3 is 0 Å². The number of nitrogens with one attached hydrogen (secondary N) is 3. The fourth-order valence-corrected chi connectivity index (χ4v) is 2.45. The smallest absolute Gasteiger partial charge is 0.240 e. The van der Waals surface area contributed by atoms with Gasteiger partial charge in [-0.25, -0.2) is 13.1 Å². The highest BCUT2D eigenvalue weighted by Gasteiger charge is 2.12. The summed E-state index contributed by atoms with van der Waals surface area (Å²) >= 11 is 0. The molecule has 1 amide bonds. The van der Waals surface area contributed by atoms with Crippen molar-refractivity contribution >= 4 is 15.9 Å². The van der Waals surface area contributed by atoms with E-state index in [-0.39, 0.29) is 23.8 Å². The Morgan fingerprint density at radius 2 is 1.79 bits per heavy atom. The molecule has 0 saturated carbocycles. The molecule has 6 nitrogen and oxygen atoms in total. The van der Waals surface area contributed by atoms with Crippen molar-refractivity contribution < 1.29 is 13.2 Å². The van der Waals surface area contributed by atoms with Gasteiger partial charge in [-0.3, -0.25) is 4.79 Å². The first-order valence-corrected chi connectivity index (χ1v) is 7.50. The Kier molecular flexibility index (Phi) is 6.48. The van der Waals surface area contributed by atoms with Crippen molar-refractivity contribution in [2.45, 2.75) is 11.3 Å². The van der Waals surface area contributed by atoms with Gasteiger partial charge in [-0.05, 0) is 19.2 Å². The predicted molar refractivity (Wildman–Crippen MR) is 73.2 cm³/mol. The third-order valence-electron chi connectivity index (χ3n) is 2.39. The van der Waals surface area contributed by atoms with Crippen molar-refractivity contribution in [2.75, 3.05) is 26.7 Å². The second kappa shape index (κ2) is 7.88. The van der Waals surface area contributed by atoms with Gasteiger partial charge in [0.1, 0.15) is 0 Å². The lowest BCUT2D eigenvalue weighted by Gasteiger charge is -2.07. The molecule has 0 saturated heterocycles. The van der Waals surface area contributed by atoms with Gasteiger partial charge in [0.2, 0.25) is 15.9 Å². The van der Waals surface area contributed by atoms with Crippen molar-refractivity contribution in [1.29, 1.82) is 0 Å². The molecule has 0 aliphatic rings. The molecule has 106 valence electrons. The SMILES string of the molecule is CNCCNC(=O)CCNS(=O)(=O)c1ccccc1. The molecule has 0 aliphatic heterocycles. The van der Waals surface area contributed by atoms with E-state index in [0.717, 1.165) is 0 Å². The molecule has 1 aromatic rings. The van der Waals surface area contributed by atoms with Crippen molar-refractivity contribution in [3.8, 4) is 0 Å². The summed E-state index contributed by atoms with van der Waals surface area (Å²) in [6.07, 6.45) is 0.121. The second-order valence-corrected chi connectivity index (χ2v) is 5.68. The van der Waals surface area contributed by atoms with E-state index >= 15 is 0 Å². The Labute approximate surface area is 113 Å². The van der Waals surface area contributed by atoms with Crippen LogP contribution in [0.5, 0.6) is 0 Å². The number of carbonyl (C=O) groups excluding carboxylic acids is 1. The summed E-state index contributed by atoms with van der Waals surface area (Å²) in [6, 6.07) is 8.07. The number of likely N-dealkylation sites (N-methyl/N-ethyl adjacent to an activating group) is 1. The van der Waals surface area contributed by atoms with Crippen LogP contribution in [0.2, 0.25) is 0 Å². The molecule has 1 aromatic carbocycles. The minimum absolute atomic E-state index is 0.0859. The second-order valence-electron chi connectivity index (χ2n) is 3.91. The standard InChI is InChI=1S/C12H19N3O3S/c1-13-9-10-14-12(16)7-8-15-19(17,18)11-5-3-2-4-6-11/h2-6,13,15H,7-10H2,1H3,(H,14,16). The minimum atomic E-state index is -3.52. The maximum absolute atomic E-state index is 11.8. The quantitative estimate of drug-likeness (QED) is 0.572. The fraction of sp³-hybridized carbons (Fsp3) is 0.417. The van der Waals surface area contributed by atoms with Gasteiger partial charge in [0.25, 0.3) is 0 Å². The largest absolute Gasteiger partial charge is 0.355 e. The molecule has 0 bridgehead atoms. The topological polar surface area (TPSA) is 87.3 Å². The molecule has 0 aliphatic carbocycles. The van der Waals surface area contributed by atoms with Crippen LogP contribution in [0.15, 0.2) is 35.2 Å². The van der Waals surface area contributed by atoms with Gasteiger partial charge in [-0.15, -0.1) is 0 Å². The molecule has 3 N–H and O–H groups in total. The number of hydrogen-bond acceptors (Lipinski definition) is 4. The van der Waals surface area contributed by atoms with Crippen LogP contribution in [-0.2, 0) is 14.8 Å². The van der Waals surface area contributed by atoms with Crippen LogP contribution in [0.4, 0.5) is 0 Å². The molecule has 0 heterocycles. The summed E-state index contributed by atoms with van der Waals surface area (Å²) in [7, 11) is -1.73. The van der Waals surface area contributed by atoms with Crippen LogP contribution in [0, 0.1) is 0 Å². The van der Waals surface area contributed by atoms with Crippen molar-refractivity contribution in [1.82, 2.24) is 15.4 Å². The number of rotatable bonds is 8. The maximum Gasteiger partial charge on any atom is 0.240 e. The number of hydrogen-bond donors (Lipinski definition) is 3. The van der Waals surface area contributed by atoms with E-state index in [4.69, 9.17) is 0 Å². The molecular formula is C12H19N3O3S. The summed E-state index contributed by atoms with van der Waals surface area (Å²) in [5.41, 5.74) is 0. The van der Waals surface area contributed by atoms with E-state index in [9.17, 15) is 13.2 Å². The van der Waals surface area contributed by atoms with Crippen LogP contribution in [0.1, 0.15) is 6.42 Å². The van der Waals surface area contributed by atoms with E-state index in [1.54, 1.807) is 25.2 Å². The van der Waals surface area contributed by atoms with Crippen molar-refractivity contribution in [3.05, 3.63) is 30.3 Å². The van der Waals surface area contributed by atoms with E-state index < -0.39 is 10.0 Å². The zero-order valence-electron chi connectivity index (χ0n) is 10.8. The van der Waals surface area contributed by atoms with E-state index in [0.29, 0.717) is 13.1 Å². The minimum Gasteiger partial charge on any atom is -0.355 e. The normalized spacial score (nSPS) is 11.2. The fourth-order valence-electron chi connectivity index (χ4n) is 1.40. The molecule has 0 spiro atoms. The highest BCUT2D eigenvalue weighted by Crippen LogP contribution is 2.06. The summed E-state index contributed by atoms with van der Waals surface area (Å²) in [4.78, 5) is 11.6. The van der Waals surface area contributed by atoms with Gasteiger partial charge in [0, 0.05) is 26.1 Å². The molecule has 0 atom stereocenters. The Bertz CT molecular complexity index is 488. The lowest BCUT2D eigenvalue weighted by atomic mass is 10.4. The van der Waals surface area contributed by atoms with Gasteiger partial charge < -0.3 is 10.6 Å². The summed E-state index contributed by atoms with van der Waals surface area (Å²) in [6.45, 7) is 1.30. The zero-order chi connectivity index (χ0) is 14.1. The third kappa shape index (κ3) is 5.82. The Hall–Kier alpha value is -1.44. The van der Waals surface area contributed by atoms with E-state index in [1.165, 1.54) is 12.1 Å². The zero-order valence-corrected chi connectivity index (χ0v) is 11.7. The van der Waals surface area contributed by atoms with Gasteiger partial charge in [-0.2, -0.15) is 0 Å². The Morgan fingerprint density at radius 1 is 1.11 bits per heavy atom. The molecule has 7 heteroatoms. The molecule has 0 radical (unpaired) electrons. The summed E-state index contributed by atoms with van der Waals surface area (Å²) < 4.78 is 26.0. The van der Waals surface area contributed by atoms with Gasteiger partial charge in [0.15, 0.2) is 0 Å². The average molecular weight is 285 g/mol. The first-order valence-electron chi connectivity index (χ1n) is 6.02. The molecule has 1 rings (SSSR count). The van der Waals surface area contributed by atoms with E-state index in [2.05, 4.69) is 15.4 Å². The Morgan fingerprint density at radius 3 is 2.42 bits per heavy atom. The number of benzene rings is 1. The molecule has 0 unspecified atom stereocenters. The molecule has 0 aromatic heterocycles. The number of sulfonamides is 1. The highest BCUT2D eigenvalue weighted by molar-refractivity contribution is 7.89. The van der Waals surface area contributed by atoms with Gasteiger partial charge in [0.05, 0.1) is 4.90 Å². The van der Waals surface area contributed by atoms with Crippen LogP contribution in [0.3, 0.4) is 0 Å². The lowest BCUT2D eigenvalue weighted by molar-refractivity contribution is -0.120. The first kappa shape index (κ1) is 15.6. The van der Waals surface area contributed by atoms with Crippen LogP contribution in [0.25, 0.3) is 0 Å². The molecule has 19 heavy (non-hydrogen) atoms. The maximum atomic E-state index is 11.8. The van der Waals surface area contributed by atoms with Crippen LogP contribution >= 0.6 is 0 Å². The predicted octanol–water partition coefficient (Wildman–Crippen LogP) is -0.309. The van der Waals surface area contributed by atoms with Crippen LogP contribution in [-0.4, -0.2) is 41.0 Å². The average Bonchev–Trinajstić information content (AvgIpc) is 2.40. The first-order chi connectivity index (χ1) is 9.06. The van der Waals surface area contributed by atoms with Crippen LogP contribution < -0.4 is 15.4 Å².